The summed E-state index contributed by atoms with van der Waals surface area (Å²) in [7, 11) is 0. The van der Waals surface area contributed by atoms with Gasteiger partial charge in [0, 0.05) is 11.8 Å². The molecule has 6 heteroatoms. The fourth-order valence-electron chi connectivity index (χ4n) is 3.37. The molecule has 0 saturated heterocycles. The average molecular weight is 366 g/mol. The number of H-pyrrole nitrogens is 1. The highest BCUT2D eigenvalue weighted by Crippen LogP contribution is 2.30. The van der Waals surface area contributed by atoms with Gasteiger partial charge in [0.25, 0.3) is 0 Å². The molecule has 0 spiro atoms. The van der Waals surface area contributed by atoms with Crippen molar-refractivity contribution in [2.45, 2.75) is 13.0 Å². The Bertz CT molecular complexity index is 1260. The van der Waals surface area contributed by atoms with E-state index >= 15 is 0 Å². The smallest absolute Gasteiger partial charge is 0.154 e. The lowest BCUT2D eigenvalue weighted by molar-refractivity contribution is 0.836. The molecule has 0 aliphatic carbocycles. The summed E-state index contributed by atoms with van der Waals surface area (Å²) in [6, 6.07) is 19.9. The molecule has 2 N–H and O–H groups in total. The van der Waals surface area contributed by atoms with E-state index in [-0.39, 0.29) is 6.04 Å². The van der Waals surface area contributed by atoms with Crippen molar-refractivity contribution >= 4 is 27.9 Å². The molecule has 0 radical (unpaired) electrons. The van der Waals surface area contributed by atoms with Gasteiger partial charge in [-0.1, -0.05) is 42.5 Å². The molecule has 28 heavy (non-hydrogen) atoms. The monoisotopic (exact) mass is 366 g/mol. The van der Waals surface area contributed by atoms with Gasteiger partial charge in [-0.2, -0.15) is 0 Å². The van der Waals surface area contributed by atoms with E-state index in [4.69, 9.17) is 9.97 Å². The fourth-order valence-corrected chi connectivity index (χ4v) is 3.37. The third-order valence-corrected chi connectivity index (χ3v) is 4.75. The lowest BCUT2D eigenvalue weighted by Gasteiger charge is -2.18. The molecule has 136 valence electrons. The van der Waals surface area contributed by atoms with Crippen LogP contribution in [0.3, 0.4) is 0 Å². The van der Waals surface area contributed by atoms with Crippen molar-refractivity contribution in [2.24, 2.45) is 0 Å². The van der Waals surface area contributed by atoms with Crippen LogP contribution < -0.4 is 5.32 Å². The third kappa shape index (κ3) is 2.85. The first kappa shape index (κ1) is 16.4. The highest BCUT2D eigenvalue weighted by atomic mass is 15.1. The van der Waals surface area contributed by atoms with Gasteiger partial charge in [0.1, 0.15) is 5.52 Å². The molecule has 1 atom stereocenters. The lowest BCUT2D eigenvalue weighted by Crippen LogP contribution is -2.12. The number of rotatable bonds is 4. The van der Waals surface area contributed by atoms with Gasteiger partial charge in [-0.25, -0.2) is 19.9 Å². The second-order valence-corrected chi connectivity index (χ2v) is 6.64. The van der Waals surface area contributed by atoms with E-state index in [1.54, 1.807) is 12.5 Å². The Labute approximate surface area is 161 Å². The van der Waals surface area contributed by atoms with Crippen molar-refractivity contribution in [1.29, 1.82) is 0 Å². The number of imidazole rings is 1. The van der Waals surface area contributed by atoms with Gasteiger partial charge >= 0.3 is 0 Å². The maximum absolute atomic E-state index is 4.93. The molecular formula is C22H18N6. The number of pyridine rings is 1. The molecule has 3 heterocycles. The first-order valence-electron chi connectivity index (χ1n) is 9.16. The van der Waals surface area contributed by atoms with E-state index in [1.165, 1.54) is 0 Å². The predicted molar refractivity (Wildman–Crippen MR) is 111 cm³/mol. The molecule has 5 aromatic rings. The molecule has 2 aromatic carbocycles. The van der Waals surface area contributed by atoms with Crippen LogP contribution in [0.25, 0.3) is 33.3 Å². The SMILES string of the molecule is CC(Nc1nccc2[nH]cnc12)c1nc2ccccc2nc1-c1ccccc1. The Morgan fingerprint density at radius 2 is 1.61 bits per heavy atom. The summed E-state index contributed by atoms with van der Waals surface area (Å²) in [6.45, 7) is 2.07. The Balaban J connectivity index is 1.63. The lowest BCUT2D eigenvalue weighted by atomic mass is 10.0. The van der Waals surface area contributed by atoms with E-state index < -0.39 is 0 Å². The molecular weight excluding hydrogens is 348 g/mol. The van der Waals surface area contributed by atoms with E-state index in [9.17, 15) is 0 Å². The number of benzene rings is 2. The number of aromatic amines is 1. The second kappa shape index (κ2) is 6.74. The molecule has 0 aliphatic heterocycles. The van der Waals surface area contributed by atoms with Gasteiger partial charge < -0.3 is 10.3 Å². The topological polar surface area (TPSA) is 79.4 Å². The van der Waals surface area contributed by atoms with Gasteiger partial charge in [-0.3, -0.25) is 0 Å². The fraction of sp³-hybridized carbons (Fsp3) is 0.0909. The van der Waals surface area contributed by atoms with Gasteiger partial charge in [-0.15, -0.1) is 0 Å². The summed E-state index contributed by atoms with van der Waals surface area (Å²) in [6.07, 6.45) is 3.44. The van der Waals surface area contributed by atoms with Crippen molar-refractivity contribution in [3.8, 4) is 11.3 Å². The number of fused-ring (bicyclic) bond motifs is 2. The van der Waals surface area contributed by atoms with Crippen molar-refractivity contribution in [2.75, 3.05) is 5.32 Å². The van der Waals surface area contributed by atoms with Crippen LogP contribution >= 0.6 is 0 Å². The minimum atomic E-state index is -0.109. The third-order valence-electron chi connectivity index (χ3n) is 4.75. The van der Waals surface area contributed by atoms with E-state index in [0.29, 0.717) is 0 Å². The van der Waals surface area contributed by atoms with Crippen molar-refractivity contribution < 1.29 is 0 Å². The number of nitrogens with one attached hydrogen (secondary N) is 2. The minimum Gasteiger partial charge on any atom is -0.360 e. The highest BCUT2D eigenvalue weighted by Gasteiger charge is 2.18. The molecule has 1 unspecified atom stereocenters. The van der Waals surface area contributed by atoms with Gasteiger partial charge in [0.05, 0.1) is 40.3 Å². The molecule has 0 fully saturated rings. The molecule has 0 saturated carbocycles. The number of para-hydroxylation sites is 2. The van der Waals surface area contributed by atoms with Crippen LogP contribution in [-0.2, 0) is 0 Å². The molecule has 0 aliphatic rings. The summed E-state index contributed by atoms with van der Waals surface area (Å²) in [5, 5.41) is 3.47. The van der Waals surface area contributed by atoms with Crippen LogP contribution in [0.5, 0.6) is 0 Å². The molecule has 0 amide bonds. The van der Waals surface area contributed by atoms with Crippen molar-refractivity contribution in [1.82, 2.24) is 24.9 Å². The number of aromatic nitrogens is 5. The van der Waals surface area contributed by atoms with E-state index in [1.807, 2.05) is 48.5 Å². The van der Waals surface area contributed by atoms with Crippen LogP contribution in [-0.4, -0.2) is 24.9 Å². The normalized spacial score (nSPS) is 12.3. The zero-order chi connectivity index (χ0) is 18.9. The Hall–Kier alpha value is -3.80. The average Bonchev–Trinajstić information content (AvgIpc) is 3.23. The van der Waals surface area contributed by atoms with Crippen LogP contribution in [0.2, 0.25) is 0 Å². The summed E-state index contributed by atoms with van der Waals surface area (Å²) < 4.78 is 0. The van der Waals surface area contributed by atoms with Gasteiger partial charge in [-0.05, 0) is 25.1 Å². The Kier molecular flexibility index (Phi) is 3.94. The summed E-state index contributed by atoms with van der Waals surface area (Å²) in [5.74, 6) is 0.722. The summed E-state index contributed by atoms with van der Waals surface area (Å²) in [5.41, 5.74) is 6.28. The summed E-state index contributed by atoms with van der Waals surface area (Å²) >= 11 is 0. The van der Waals surface area contributed by atoms with Crippen LogP contribution in [0, 0.1) is 0 Å². The molecule has 6 nitrogen and oxygen atoms in total. The van der Waals surface area contributed by atoms with Crippen LogP contribution in [0.4, 0.5) is 5.82 Å². The number of hydrogen-bond acceptors (Lipinski definition) is 5. The minimum absolute atomic E-state index is 0.109. The highest BCUT2D eigenvalue weighted by molar-refractivity contribution is 5.85. The van der Waals surface area contributed by atoms with Crippen molar-refractivity contribution in [3.05, 3.63) is 78.9 Å². The Morgan fingerprint density at radius 1 is 0.857 bits per heavy atom. The van der Waals surface area contributed by atoms with Crippen LogP contribution in [0.15, 0.2) is 73.2 Å². The molecule has 3 aromatic heterocycles. The standard InChI is InChI=1S/C22H18N6/c1-14(26-22-21-18(11-12-23-22)24-13-25-21)19-20(15-7-3-2-4-8-15)28-17-10-6-5-9-16(17)27-19/h2-14H,1H3,(H,23,26)(H,24,25). The van der Waals surface area contributed by atoms with E-state index in [0.717, 1.165) is 44.8 Å². The zero-order valence-electron chi connectivity index (χ0n) is 15.3. The maximum Gasteiger partial charge on any atom is 0.154 e. The maximum atomic E-state index is 4.93. The van der Waals surface area contributed by atoms with Crippen molar-refractivity contribution in [3.63, 3.8) is 0 Å². The largest absolute Gasteiger partial charge is 0.360 e. The second-order valence-electron chi connectivity index (χ2n) is 6.64. The molecule has 5 rings (SSSR count). The predicted octanol–water partition coefficient (Wildman–Crippen LogP) is 4.74. The molecule has 0 bridgehead atoms. The Morgan fingerprint density at radius 3 is 2.43 bits per heavy atom. The number of hydrogen-bond donors (Lipinski definition) is 2. The van der Waals surface area contributed by atoms with E-state index in [2.05, 4.69) is 39.3 Å². The first-order chi connectivity index (χ1) is 13.8. The van der Waals surface area contributed by atoms with Gasteiger partial charge in [0.15, 0.2) is 5.82 Å². The first-order valence-corrected chi connectivity index (χ1v) is 9.16. The van der Waals surface area contributed by atoms with Gasteiger partial charge in [0.2, 0.25) is 0 Å². The van der Waals surface area contributed by atoms with Crippen LogP contribution in [0.1, 0.15) is 18.7 Å². The quantitative estimate of drug-likeness (QED) is 0.480. The zero-order valence-corrected chi connectivity index (χ0v) is 15.3. The number of anilines is 1. The number of nitrogens with zero attached hydrogens (tertiary/aromatic N) is 4. The summed E-state index contributed by atoms with van der Waals surface area (Å²) in [4.78, 5) is 21.8.